The lowest BCUT2D eigenvalue weighted by atomic mass is 10.1. The molecule has 1 heterocycles. The van der Waals surface area contributed by atoms with Crippen LogP contribution < -0.4 is 10.6 Å². The molecule has 124 valence electrons. The van der Waals surface area contributed by atoms with E-state index < -0.39 is 0 Å². The molecule has 0 saturated heterocycles. The second-order valence-electron chi connectivity index (χ2n) is 5.84. The average molecular weight is 314 g/mol. The van der Waals surface area contributed by atoms with Gasteiger partial charge in [0.05, 0.1) is 6.54 Å². The third-order valence-corrected chi connectivity index (χ3v) is 3.54. The number of nitrogens with zero attached hydrogens (tertiary/aromatic N) is 4. The first-order valence-electron chi connectivity index (χ1n) is 8.09. The van der Waals surface area contributed by atoms with Crippen LogP contribution in [0.4, 0.5) is 0 Å². The van der Waals surface area contributed by atoms with Crippen molar-refractivity contribution in [1.29, 1.82) is 0 Å². The van der Waals surface area contributed by atoms with Gasteiger partial charge in [0.15, 0.2) is 11.8 Å². The van der Waals surface area contributed by atoms with Crippen molar-refractivity contribution in [3.8, 4) is 5.69 Å². The Morgan fingerprint density at radius 1 is 1.22 bits per heavy atom. The molecule has 0 radical (unpaired) electrons. The van der Waals surface area contributed by atoms with Crippen LogP contribution in [-0.4, -0.2) is 34.3 Å². The van der Waals surface area contributed by atoms with E-state index in [0.717, 1.165) is 36.4 Å². The Morgan fingerprint density at radius 2 is 2.00 bits per heavy atom. The van der Waals surface area contributed by atoms with Crippen LogP contribution in [0.25, 0.3) is 5.69 Å². The van der Waals surface area contributed by atoms with Gasteiger partial charge in [0.25, 0.3) is 0 Å². The molecule has 0 unspecified atom stereocenters. The zero-order valence-electron chi connectivity index (χ0n) is 14.2. The van der Waals surface area contributed by atoms with Gasteiger partial charge in [-0.15, -0.1) is 10.2 Å². The summed E-state index contributed by atoms with van der Waals surface area (Å²) in [6, 6.07) is 10.1. The molecule has 0 spiro atoms. The molecule has 23 heavy (non-hydrogen) atoms. The molecule has 2 aromatic rings. The Morgan fingerprint density at radius 3 is 2.70 bits per heavy atom. The first-order valence-corrected chi connectivity index (χ1v) is 8.09. The van der Waals surface area contributed by atoms with E-state index in [4.69, 9.17) is 0 Å². The normalized spacial score (nSPS) is 11.7. The van der Waals surface area contributed by atoms with Gasteiger partial charge in [0.1, 0.15) is 6.33 Å². The molecule has 0 aliphatic heterocycles. The number of hydrogen-bond donors (Lipinski definition) is 2. The molecule has 0 atom stereocenters. The first-order chi connectivity index (χ1) is 11.2. The molecule has 0 fully saturated rings. The van der Waals surface area contributed by atoms with Crippen molar-refractivity contribution >= 4 is 5.96 Å². The molecular weight excluding hydrogens is 288 g/mol. The molecule has 6 nitrogen and oxygen atoms in total. The first kappa shape index (κ1) is 17.0. The lowest BCUT2D eigenvalue weighted by Gasteiger charge is -2.13. The zero-order valence-corrected chi connectivity index (χ0v) is 14.2. The van der Waals surface area contributed by atoms with Crippen molar-refractivity contribution in [3.05, 3.63) is 42.5 Å². The minimum atomic E-state index is 0.568. The van der Waals surface area contributed by atoms with E-state index in [-0.39, 0.29) is 0 Å². The van der Waals surface area contributed by atoms with Gasteiger partial charge in [-0.1, -0.05) is 32.0 Å². The van der Waals surface area contributed by atoms with E-state index in [1.54, 1.807) is 13.4 Å². The van der Waals surface area contributed by atoms with Crippen LogP contribution in [0, 0.1) is 5.92 Å². The fourth-order valence-corrected chi connectivity index (χ4v) is 2.28. The highest BCUT2D eigenvalue weighted by Crippen LogP contribution is 2.08. The van der Waals surface area contributed by atoms with Crippen LogP contribution in [0.2, 0.25) is 0 Å². The highest BCUT2D eigenvalue weighted by Gasteiger charge is 2.07. The molecule has 1 aromatic carbocycles. The predicted octanol–water partition coefficient (Wildman–Crippen LogP) is 2.37. The van der Waals surface area contributed by atoms with Crippen molar-refractivity contribution in [2.45, 2.75) is 33.2 Å². The summed E-state index contributed by atoms with van der Waals surface area (Å²) in [5, 5.41) is 14.8. The largest absolute Gasteiger partial charge is 0.356 e. The van der Waals surface area contributed by atoms with Crippen molar-refractivity contribution < 1.29 is 0 Å². The third-order valence-electron chi connectivity index (χ3n) is 3.54. The van der Waals surface area contributed by atoms with Crippen molar-refractivity contribution in [1.82, 2.24) is 25.4 Å². The second kappa shape index (κ2) is 8.92. The van der Waals surface area contributed by atoms with Gasteiger partial charge in [-0.25, -0.2) is 0 Å². The van der Waals surface area contributed by atoms with E-state index in [0.29, 0.717) is 6.54 Å². The Hall–Kier alpha value is -2.37. The number of aromatic nitrogens is 3. The number of guanidine groups is 1. The molecule has 0 bridgehead atoms. The van der Waals surface area contributed by atoms with Crippen LogP contribution >= 0.6 is 0 Å². The monoisotopic (exact) mass is 314 g/mol. The van der Waals surface area contributed by atoms with Crippen LogP contribution in [0.15, 0.2) is 41.7 Å². The van der Waals surface area contributed by atoms with Crippen LogP contribution in [0.5, 0.6) is 0 Å². The summed E-state index contributed by atoms with van der Waals surface area (Å²) in [6.45, 7) is 5.97. The molecule has 1 aromatic heterocycles. The fraction of sp³-hybridized carbons (Fsp3) is 0.471. The molecular formula is C17H26N6. The maximum absolute atomic E-state index is 4.24. The van der Waals surface area contributed by atoms with E-state index in [1.807, 2.05) is 34.9 Å². The number of aliphatic imine (C=N–C) groups is 1. The lowest BCUT2D eigenvalue weighted by Crippen LogP contribution is -2.37. The van der Waals surface area contributed by atoms with Crippen LogP contribution in [-0.2, 0) is 6.54 Å². The van der Waals surface area contributed by atoms with E-state index in [1.165, 1.54) is 6.42 Å². The van der Waals surface area contributed by atoms with Gasteiger partial charge in [-0.05, 0) is 30.9 Å². The third kappa shape index (κ3) is 5.39. The summed E-state index contributed by atoms with van der Waals surface area (Å²) in [4.78, 5) is 4.24. The molecule has 6 heteroatoms. The van der Waals surface area contributed by atoms with E-state index in [2.05, 4.69) is 39.7 Å². The topological polar surface area (TPSA) is 67.1 Å². The summed E-state index contributed by atoms with van der Waals surface area (Å²) < 4.78 is 1.97. The maximum Gasteiger partial charge on any atom is 0.191 e. The average Bonchev–Trinajstić information content (AvgIpc) is 3.03. The Bertz CT molecular complexity index is 603. The lowest BCUT2D eigenvalue weighted by molar-refractivity contribution is 0.549. The number of nitrogens with one attached hydrogen (secondary N) is 2. The SMILES string of the molecule is CN=C(NCCCC(C)C)NCc1nncn1-c1ccccc1. The smallest absolute Gasteiger partial charge is 0.191 e. The Labute approximate surface area is 138 Å². The minimum Gasteiger partial charge on any atom is -0.356 e. The van der Waals surface area contributed by atoms with Crippen molar-refractivity contribution in [2.24, 2.45) is 10.9 Å². The number of para-hydroxylation sites is 1. The van der Waals surface area contributed by atoms with Crippen molar-refractivity contribution in [2.75, 3.05) is 13.6 Å². The van der Waals surface area contributed by atoms with Gasteiger partial charge < -0.3 is 10.6 Å². The number of benzene rings is 1. The Balaban J connectivity index is 1.87. The molecule has 2 rings (SSSR count). The maximum atomic E-state index is 4.24. The van der Waals surface area contributed by atoms with Crippen LogP contribution in [0.3, 0.4) is 0 Å². The Kier molecular flexibility index (Phi) is 6.59. The molecule has 0 saturated carbocycles. The minimum absolute atomic E-state index is 0.568. The number of hydrogen-bond acceptors (Lipinski definition) is 3. The van der Waals surface area contributed by atoms with Gasteiger partial charge in [0, 0.05) is 19.3 Å². The molecule has 0 aliphatic carbocycles. The quantitative estimate of drug-likeness (QED) is 0.468. The van der Waals surface area contributed by atoms with Gasteiger partial charge in [0.2, 0.25) is 0 Å². The predicted molar refractivity (Wildman–Crippen MR) is 93.6 cm³/mol. The van der Waals surface area contributed by atoms with E-state index in [9.17, 15) is 0 Å². The van der Waals surface area contributed by atoms with Crippen molar-refractivity contribution in [3.63, 3.8) is 0 Å². The molecule has 0 amide bonds. The van der Waals surface area contributed by atoms with Gasteiger partial charge in [-0.2, -0.15) is 0 Å². The van der Waals surface area contributed by atoms with Gasteiger partial charge in [-0.3, -0.25) is 9.56 Å². The van der Waals surface area contributed by atoms with Gasteiger partial charge >= 0.3 is 0 Å². The standard InChI is InChI=1S/C17H26N6/c1-14(2)8-7-11-19-17(18-3)20-12-16-22-21-13-23(16)15-9-5-4-6-10-15/h4-6,9-10,13-14H,7-8,11-12H2,1-3H3,(H2,18,19,20). The summed E-state index contributed by atoms with van der Waals surface area (Å²) in [5.74, 6) is 2.37. The second-order valence-corrected chi connectivity index (χ2v) is 5.84. The van der Waals surface area contributed by atoms with Crippen LogP contribution in [0.1, 0.15) is 32.5 Å². The summed E-state index contributed by atoms with van der Waals surface area (Å²) >= 11 is 0. The molecule has 2 N–H and O–H groups in total. The zero-order chi connectivity index (χ0) is 16.5. The summed E-state index contributed by atoms with van der Waals surface area (Å²) in [7, 11) is 1.78. The number of rotatable bonds is 7. The fourth-order valence-electron chi connectivity index (χ4n) is 2.28. The van der Waals surface area contributed by atoms with E-state index >= 15 is 0 Å². The summed E-state index contributed by atoms with van der Waals surface area (Å²) in [6.07, 6.45) is 4.08. The summed E-state index contributed by atoms with van der Waals surface area (Å²) in [5.41, 5.74) is 1.05. The molecule has 0 aliphatic rings. The highest BCUT2D eigenvalue weighted by molar-refractivity contribution is 5.79. The highest BCUT2D eigenvalue weighted by atomic mass is 15.3.